The van der Waals surface area contributed by atoms with E-state index in [1.54, 1.807) is 10.6 Å². The largest absolute Gasteiger partial charge is 0.479 e. The molecule has 4 amide bonds. The molecule has 1 unspecified atom stereocenters. The molecule has 0 aromatic rings. The van der Waals surface area contributed by atoms with Crippen LogP contribution in [0.2, 0.25) is 0 Å². The van der Waals surface area contributed by atoms with Crippen molar-refractivity contribution in [1.82, 2.24) is 10.6 Å². The van der Waals surface area contributed by atoms with Crippen LogP contribution < -0.4 is 22.1 Å². The van der Waals surface area contributed by atoms with E-state index in [2.05, 4.69) is 0 Å². The van der Waals surface area contributed by atoms with Gasteiger partial charge in [-0.15, -0.1) is 0 Å². The number of hydrogen-bond acceptors (Lipinski definition) is 6. The molecule has 20 heavy (non-hydrogen) atoms. The molecule has 1 aliphatic carbocycles. The molecule has 11 heteroatoms. The first-order chi connectivity index (χ1) is 9.12. The van der Waals surface area contributed by atoms with Crippen LogP contribution in [-0.4, -0.2) is 52.1 Å². The number of carboxylic acid groups (broad SMARTS) is 1. The number of carbonyl (C=O) groups excluding carboxylic acids is 5. The van der Waals surface area contributed by atoms with Crippen LogP contribution in [0.15, 0.2) is 0 Å². The Balaban J connectivity index is 3.20. The van der Waals surface area contributed by atoms with Gasteiger partial charge in [0.2, 0.25) is 11.3 Å². The minimum absolute atomic E-state index is 0.658. The highest BCUT2D eigenvalue weighted by atomic mass is 16.4. The van der Waals surface area contributed by atoms with Crippen LogP contribution in [0.4, 0.5) is 9.59 Å². The van der Waals surface area contributed by atoms with Gasteiger partial charge in [-0.05, 0) is 0 Å². The van der Waals surface area contributed by atoms with Gasteiger partial charge >= 0.3 is 18.0 Å². The lowest BCUT2D eigenvalue weighted by atomic mass is 9.69. The maximum atomic E-state index is 12.0. The third-order valence-electron chi connectivity index (χ3n) is 2.63. The highest BCUT2D eigenvalue weighted by Crippen LogP contribution is 2.26. The third-order valence-corrected chi connectivity index (χ3v) is 2.63. The van der Waals surface area contributed by atoms with Crippen molar-refractivity contribution in [3.05, 3.63) is 0 Å². The van der Waals surface area contributed by atoms with Gasteiger partial charge in [0.15, 0.2) is 17.6 Å². The average molecular weight is 286 g/mol. The molecule has 0 bridgehead atoms. The molecule has 0 aliphatic heterocycles. The van der Waals surface area contributed by atoms with Crippen LogP contribution in [0.3, 0.4) is 0 Å². The van der Waals surface area contributed by atoms with Gasteiger partial charge in [-0.25, -0.2) is 14.4 Å². The van der Waals surface area contributed by atoms with Crippen LogP contribution in [-0.2, 0) is 19.2 Å². The van der Waals surface area contributed by atoms with Gasteiger partial charge in [0, 0.05) is 0 Å². The van der Waals surface area contributed by atoms with E-state index in [0.717, 1.165) is 0 Å². The van der Waals surface area contributed by atoms with Gasteiger partial charge in [-0.3, -0.25) is 14.4 Å². The van der Waals surface area contributed by atoms with Gasteiger partial charge in [-0.2, -0.15) is 0 Å². The predicted molar refractivity (Wildman–Crippen MR) is 59.2 cm³/mol. The third kappa shape index (κ3) is 2.28. The standard InChI is InChI=1S/C9H10N4O7/c10-7(19)12-4(6(17)18)5(16)9(13-8(11)20)2(14)1-3(9)15/h4H,1H2,(H,17,18)(H3,10,12,19)(H3,11,13,20). The minimum Gasteiger partial charge on any atom is -0.479 e. The molecule has 1 atom stereocenters. The number of hydrogen-bond donors (Lipinski definition) is 5. The first kappa shape index (κ1) is 15.1. The van der Waals surface area contributed by atoms with Gasteiger partial charge < -0.3 is 27.2 Å². The maximum absolute atomic E-state index is 12.0. The number of urea groups is 2. The fourth-order valence-electron chi connectivity index (χ4n) is 1.72. The Kier molecular flexibility index (Phi) is 3.73. The van der Waals surface area contributed by atoms with Crippen LogP contribution in [0.1, 0.15) is 6.42 Å². The monoisotopic (exact) mass is 286 g/mol. The lowest BCUT2D eigenvalue weighted by Crippen LogP contribution is -2.76. The molecule has 1 aliphatic rings. The summed E-state index contributed by atoms with van der Waals surface area (Å²) in [5.41, 5.74) is 6.77. The summed E-state index contributed by atoms with van der Waals surface area (Å²) in [5, 5.41) is 12.0. The number of rotatable bonds is 5. The Labute approximate surface area is 110 Å². The second-order valence-corrected chi connectivity index (χ2v) is 3.91. The summed E-state index contributed by atoms with van der Waals surface area (Å²) in [4.78, 5) is 67.4. The van der Waals surface area contributed by atoms with Crippen molar-refractivity contribution in [2.24, 2.45) is 11.5 Å². The van der Waals surface area contributed by atoms with Gasteiger partial charge in [-0.1, -0.05) is 0 Å². The van der Waals surface area contributed by atoms with Crippen LogP contribution in [0.25, 0.3) is 0 Å². The number of Topliss-reactive ketones (excluding diaryl/α,β-unsaturated/α-hetero) is 3. The van der Waals surface area contributed by atoms with E-state index in [4.69, 9.17) is 16.6 Å². The van der Waals surface area contributed by atoms with E-state index in [0.29, 0.717) is 0 Å². The van der Waals surface area contributed by atoms with Crippen molar-refractivity contribution in [2.75, 3.05) is 0 Å². The van der Waals surface area contributed by atoms with Gasteiger partial charge in [0.1, 0.15) is 0 Å². The minimum atomic E-state index is -2.68. The Morgan fingerprint density at radius 2 is 1.60 bits per heavy atom. The molecule has 11 nitrogen and oxygen atoms in total. The van der Waals surface area contributed by atoms with E-state index in [9.17, 15) is 28.8 Å². The summed E-state index contributed by atoms with van der Waals surface area (Å²) in [5.74, 6) is -5.44. The topological polar surface area (TPSA) is 199 Å². The number of carbonyl (C=O) groups is 6. The number of primary amides is 2. The summed E-state index contributed by atoms with van der Waals surface area (Å²) in [6, 6.07) is -5.00. The zero-order valence-corrected chi connectivity index (χ0v) is 9.84. The number of aliphatic carboxylic acids is 1. The van der Waals surface area contributed by atoms with Crippen molar-refractivity contribution in [3.8, 4) is 0 Å². The Morgan fingerprint density at radius 1 is 1.10 bits per heavy atom. The smallest absolute Gasteiger partial charge is 0.334 e. The molecule has 1 saturated carbocycles. The average Bonchev–Trinajstić information content (AvgIpc) is 2.31. The van der Waals surface area contributed by atoms with E-state index in [-0.39, 0.29) is 0 Å². The fourth-order valence-corrected chi connectivity index (χ4v) is 1.72. The number of nitrogens with two attached hydrogens (primary N) is 2. The molecule has 0 aromatic carbocycles. The first-order valence-electron chi connectivity index (χ1n) is 5.10. The Hall–Kier alpha value is -2.98. The molecule has 0 aromatic heterocycles. The SMILES string of the molecule is NC(=O)NC(C(=O)O)C(=O)C1(NC(N)=O)C(=O)CC1=O. The van der Waals surface area contributed by atoms with E-state index >= 15 is 0 Å². The van der Waals surface area contributed by atoms with Crippen molar-refractivity contribution in [1.29, 1.82) is 0 Å². The highest BCUT2D eigenvalue weighted by molar-refractivity contribution is 6.44. The Morgan fingerprint density at radius 3 is 1.90 bits per heavy atom. The summed E-state index contributed by atoms with van der Waals surface area (Å²) in [6.45, 7) is 0. The van der Waals surface area contributed by atoms with Crippen molar-refractivity contribution in [3.63, 3.8) is 0 Å². The van der Waals surface area contributed by atoms with Crippen LogP contribution in [0.5, 0.6) is 0 Å². The molecular weight excluding hydrogens is 276 g/mol. The van der Waals surface area contributed by atoms with Crippen molar-refractivity contribution in [2.45, 2.75) is 18.0 Å². The summed E-state index contributed by atoms with van der Waals surface area (Å²) in [7, 11) is 0. The molecule has 0 saturated heterocycles. The molecular formula is C9H10N4O7. The van der Waals surface area contributed by atoms with E-state index in [1.807, 2.05) is 0 Å². The number of carboxylic acids is 1. The summed E-state index contributed by atoms with van der Waals surface area (Å²) >= 11 is 0. The second-order valence-electron chi connectivity index (χ2n) is 3.91. The quantitative estimate of drug-likeness (QED) is 0.324. The predicted octanol–water partition coefficient (Wildman–Crippen LogP) is -3.37. The van der Waals surface area contributed by atoms with Crippen LogP contribution in [0, 0.1) is 0 Å². The van der Waals surface area contributed by atoms with E-state index < -0.39 is 53.4 Å². The zero-order chi connectivity index (χ0) is 15.7. The van der Waals surface area contributed by atoms with Gasteiger partial charge in [0.25, 0.3) is 0 Å². The van der Waals surface area contributed by atoms with E-state index in [1.165, 1.54) is 0 Å². The molecule has 1 fully saturated rings. The molecule has 0 radical (unpaired) electrons. The first-order valence-corrected chi connectivity index (χ1v) is 5.10. The Bertz CT molecular complexity index is 526. The molecule has 0 spiro atoms. The molecule has 1 rings (SSSR count). The lowest BCUT2D eigenvalue weighted by molar-refractivity contribution is -0.155. The summed E-state index contributed by atoms with van der Waals surface area (Å²) < 4.78 is 0. The number of amides is 4. The number of ketones is 3. The highest BCUT2D eigenvalue weighted by Gasteiger charge is 2.63. The van der Waals surface area contributed by atoms with Gasteiger partial charge in [0.05, 0.1) is 6.42 Å². The normalized spacial score (nSPS) is 17.6. The molecule has 0 heterocycles. The fraction of sp³-hybridized carbons (Fsp3) is 0.333. The van der Waals surface area contributed by atoms with Crippen molar-refractivity contribution < 1.29 is 33.9 Å². The maximum Gasteiger partial charge on any atom is 0.334 e. The number of nitrogens with one attached hydrogen (secondary N) is 2. The van der Waals surface area contributed by atoms with Crippen LogP contribution >= 0.6 is 0 Å². The summed E-state index contributed by atoms with van der Waals surface area (Å²) in [6.07, 6.45) is -0.658. The molecule has 7 N–H and O–H groups in total. The lowest BCUT2D eigenvalue weighted by Gasteiger charge is -2.37. The molecule has 108 valence electrons. The zero-order valence-electron chi connectivity index (χ0n) is 9.84. The van der Waals surface area contributed by atoms with Crippen molar-refractivity contribution >= 4 is 35.4 Å². The second kappa shape index (κ2) is 4.95.